The van der Waals surface area contributed by atoms with Crippen molar-refractivity contribution in [3.8, 4) is 5.75 Å². The molecule has 1 aliphatic heterocycles. The highest BCUT2D eigenvalue weighted by molar-refractivity contribution is 6.31. The van der Waals surface area contributed by atoms with E-state index < -0.39 is 11.9 Å². The molecule has 1 heterocycles. The van der Waals surface area contributed by atoms with Crippen molar-refractivity contribution in [2.75, 3.05) is 17.7 Å². The number of benzene rings is 2. The largest absolute Gasteiger partial charge is 0.495 e. The van der Waals surface area contributed by atoms with Crippen molar-refractivity contribution < 1.29 is 18.7 Å². The molecule has 1 unspecified atom stereocenters. The maximum Gasteiger partial charge on any atom is 0.249 e. The lowest BCUT2D eigenvalue weighted by Gasteiger charge is -2.21. The number of anilines is 2. The van der Waals surface area contributed by atoms with Crippen molar-refractivity contribution in [3.63, 3.8) is 0 Å². The number of carbonyl (C=O) groups is 2. The molecule has 27 heavy (non-hydrogen) atoms. The zero-order valence-corrected chi connectivity index (χ0v) is 15.0. The van der Waals surface area contributed by atoms with Crippen molar-refractivity contribution in [1.29, 1.82) is 0 Å². The highest BCUT2D eigenvalue weighted by Gasteiger charge is 2.27. The van der Waals surface area contributed by atoms with Gasteiger partial charge < -0.3 is 15.4 Å². The third-order valence-corrected chi connectivity index (χ3v) is 3.99. The zero-order chi connectivity index (χ0) is 19.4. The molecule has 9 heteroatoms. The van der Waals surface area contributed by atoms with Gasteiger partial charge in [-0.1, -0.05) is 11.6 Å². The molecule has 0 radical (unpaired) electrons. The maximum atomic E-state index is 13.0. The number of rotatable bonds is 4. The second-order valence-electron chi connectivity index (χ2n) is 5.71. The SMILES string of the molecule is COc1ccc(Cl)cc1NC(=O)C1CC(=O)NC(Nc2ccc(F)cc2)=N1. The summed E-state index contributed by atoms with van der Waals surface area (Å²) < 4.78 is 18.2. The summed E-state index contributed by atoms with van der Waals surface area (Å²) in [5.41, 5.74) is 0.900. The highest BCUT2D eigenvalue weighted by Crippen LogP contribution is 2.28. The fraction of sp³-hybridized carbons (Fsp3) is 0.167. The van der Waals surface area contributed by atoms with E-state index in [1.807, 2.05) is 0 Å². The second-order valence-corrected chi connectivity index (χ2v) is 6.15. The molecular weight excluding hydrogens is 375 g/mol. The van der Waals surface area contributed by atoms with Crippen LogP contribution in [0.4, 0.5) is 15.8 Å². The molecular formula is C18H16ClFN4O3. The van der Waals surface area contributed by atoms with Crippen molar-refractivity contribution in [3.05, 3.63) is 53.3 Å². The van der Waals surface area contributed by atoms with Gasteiger partial charge in [-0.05, 0) is 42.5 Å². The number of methoxy groups -OCH3 is 1. The topological polar surface area (TPSA) is 91.8 Å². The lowest BCUT2D eigenvalue weighted by molar-refractivity contribution is -0.124. The van der Waals surface area contributed by atoms with Gasteiger partial charge in [0.2, 0.25) is 17.8 Å². The van der Waals surface area contributed by atoms with Crippen molar-refractivity contribution in [1.82, 2.24) is 5.32 Å². The van der Waals surface area contributed by atoms with Crippen LogP contribution in [0.25, 0.3) is 0 Å². The monoisotopic (exact) mass is 390 g/mol. The molecule has 7 nitrogen and oxygen atoms in total. The van der Waals surface area contributed by atoms with Crippen molar-refractivity contribution >= 4 is 40.7 Å². The summed E-state index contributed by atoms with van der Waals surface area (Å²) in [5.74, 6) is -0.697. The number of ether oxygens (including phenoxy) is 1. The van der Waals surface area contributed by atoms with Gasteiger partial charge in [0.05, 0.1) is 19.2 Å². The normalized spacial score (nSPS) is 16.2. The lowest BCUT2D eigenvalue weighted by atomic mass is 10.1. The Balaban J connectivity index is 1.76. The van der Waals surface area contributed by atoms with Crippen LogP contribution >= 0.6 is 11.6 Å². The number of halogens is 2. The number of hydrogen-bond donors (Lipinski definition) is 3. The molecule has 3 rings (SSSR count). The Morgan fingerprint density at radius 3 is 2.74 bits per heavy atom. The molecule has 2 amide bonds. The Bertz CT molecular complexity index is 902. The summed E-state index contributed by atoms with van der Waals surface area (Å²) in [6, 6.07) is 9.37. The Labute approximate surface area is 159 Å². The first-order valence-corrected chi connectivity index (χ1v) is 8.37. The van der Waals surface area contributed by atoms with Gasteiger partial charge in [0, 0.05) is 10.7 Å². The van der Waals surface area contributed by atoms with Crippen LogP contribution in [-0.2, 0) is 9.59 Å². The van der Waals surface area contributed by atoms with Gasteiger partial charge in [-0.25, -0.2) is 9.38 Å². The number of nitrogens with zero attached hydrogens (tertiary/aromatic N) is 1. The molecule has 0 bridgehead atoms. The van der Waals surface area contributed by atoms with E-state index in [1.165, 1.54) is 31.4 Å². The zero-order valence-electron chi connectivity index (χ0n) is 14.3. The Kier molecular flexibility index (Phi) is 5.56. The van der Waals surface area contributed by atoms with Crippen LogP contribution in [0, 0.1) is 5.82 Å². The van der Waals surface area contributed by atoms with E-state index >= 15 is 0 Å². The van der Waals surface area contributed by atoms with Crippen LogP contribution in [0.5, 0.6) is 5.75 Å². The van der Waals surface area contributed by atoms with E-state index in [4.69, 9.17) is 16.3 Å². The van der Waals surface area contributed by atoms with Crippen LogP contribution < -0.4 is 20.7 Å². The molecule has 0 aromatic heterocycles. The molecule has 0 saturated carbocycles. The Morgan fingerprint density at radius 2 is 2.04 bits per heavy atom. The molecule has 2 aromatic carbocycles. The van der Waals surface area contributed by atoms with E-state index in [9.17, 15) is 14.0 Å². The van der Waals surface area contributed by atoms with E-state index in [1.54, 1.807) is 18.2 Å². The first kappa shape index (κ1) is 18.7. The number of hydrogen-bond acceptors (Lipinski definition) is 5. The summed E-state index contributed by atoms with van der Waals surface area (Å²) in [5, 5.41) is 8.48. The molecule has 1 aliphatic rings. The Morgan fingerprint density at radius 1 is 1.30 bits per heavy atom. The van der Waals surface area contributed by atoms with E-state index in [0.29, 0.717) is 22.1 Å². The van der Waals surface area contributed by atoms with Gasteiger partial charge in [-0.3, -0.25) is 14.9 Å². The van der Waals surface area contributed by atoms with Crippen LogP contribution in [0.2, 0.25) is 5.02 Å². The van der Waals surface area contributed by atoms with Crippen LogP contribution in [0.3, 0.4) is 0 Å². The predicted molar refractivity (Wildman–Crippen MR) is 101 cm³/mol. The molecule has 0 saturated heterocycles. The minimum absolute atomic E-state index is 0.107. The first-order chi connectivity index (χ1) is 12.9. The summed E-state index contributed by atoms with van der Waals surface area (Å²) >= 11 is 5.96. The van der Waals surface area contributed by atoms with E-state index in [0.717, 1.165) is 0 Å². The van der Waals surface area contributed by atoms with E-state index in [2.05, 4.69) is 20.9 Å². The highest BCUT2D eigenvalue weighted by atomic mass is 35.5. The molecule has 1 atom stereocenters. The molecule has 2 aromatic rings. The number of nitrogens with one attached hydrogen (secondary N) is 3. The molecule has 140 valence electrons. The molecule has 0 fully saturated rings. The van der Waals surface area contributed by atoms with E-state index in [-0.39, 0.29) is 24.1 Å². The number of amides is 2. The third-order valence-electron chi connectivity index (χ3n) is 3.75. The summed E-state index contributed by atoms with van der Waals surface area (Å²) in [6.45, 7) is 0. The molecule has 0 spiro atoms. The van der Waals surface area contributed by atoms with Gasteiger partial charge in [0.25, 0.3) is 0 Å². The number of guanidine groups is 1. The number of aliphatic imine (C=N–C) groups is 1. The van der Waals surface area contributed by atoms with Gasteiger partial charge in [0.1, 0.15) is 17.6 Å². The quantitative estimate of drug-likeness (QED) is 0.748. The Hall–Kier alpha value is -3.13. The average molecular weight is 391 g/mol. The smallest absolute Gasteiger partial charge is 0.249 e. The van der Waals surface area contributed by atoms with Crippen molar-refractivity contribution in [2.24, 2.45) is 4.99 Å². The summed E-state index contributed by atoms with van der Waals surface area (Å²) in [7, 11) is 1.47. The first-order valence-electron chi connectivity index (χ1n) is 7.99. The fourth-order valence-electron chi connectivity index (χ4n) is 2.47. The molecule has 3 N–H and O–H groups in total. The average Bonchev–Trinajstić information content (AvgIpc) is 2.63. The summed E-state index contributed by atoms with van der Waals surface area (Å²) in [4.78, 5) is 28.7. The van der Waals surface area contributed by atoms with Gasteiger partial charge >= 0.3 is 0 Å². The maximum absolute atomic E-state index is 13.0. The van der Waals surface area contributed by atoms with Gasteiger partial charge in [0.15, 0.2) is 0 Å². The minimum Gasteiger partial charge on any atom is -0.495 e. The van der Waals surface area contributed by atoms with Gasteiger partial charge in [-0.2, -0.15) is 0 Å². The van der Waals surface area contributed by atoms with Crippen molar-refractivity contribution in [2.45, 2.75) is 12.5 Å². The standard InChI is InChI=1S/C18H16ClFN4O3/c1-27-15-7-2-10(19)8-13(15)22-17(26)14-9-16(25)24-18(23-14)21-12-5-3-11(20)4-6-12/h2-8,14H,9H2,1H3,(H,22,26)(H2,21,23,24,25). The lowest BCUT2D eigenvalue weighted by Crippen LogP contribution is -2.45. The third kappa shape index (κ3) is 4.73. The predicted octanol–water partition coefficient (Wildman–Crippen LogP) is 2.78. The fourth-order valence-corrected chi connectivity index (χ4v) is 2.64. The molecule has 0 aliphatic carbocycles. The van der Waals surface area contributed by atoms with Crippen LogP contribution in [0.1, 0.15) is 6.42 Å². The van der Waals surface area contributed by atoms with Crippen LogP contribution in [0.15, 0.2) is 47.5 Å². The van der Waals surface area contributed by atoms with Crippen LogP contribution in [-0.4, -0.2) is 30.9 Å². The summed E-state index contributed by atoms with van der Waals surface area (Å²) in [6.07, 6.45) is -0.108. The number of carbonyl (C=O) groups excluding carboxylic acids is 2. The minimum atomic E-state index is -0.939. The van der Waals surface area contributed by atoms with Gasteiger partial charge in [-0.15, -0.1) is 0 Å². The second kappa shape index (κ2) is 8.05.